The first-order valence-electron chi connectivity index (χ1n) is 7.43. The van der Waals surface area contributed by atoms with Gasteiger partial charge in [0.1, 0.15) is 0 Å². The predicted octanol–water partition coefficient (Wildman–Crippen LogP) is 3.29. The number of fused-ring (bicyclic) bond motifs is 1. The molecule has 0 bridgehead atoms. The molecule has 3 rings (SSSR count). The highest BCUT2D eigenvalue weighted by Gasteiger charge is 2.16. The van der Waals surface area contributed by atoms with E-state index in [1.54, 1.807) is 12.3 Å². The van der Waals surface area contributed by atoms with Gasteiger partial charge in [0.05, 0.1) is 24.7 Å². The molecule has 1 aromatic heterocycles. The van der Waals surface area contributed by atoms with Crippen LogP contribution in [0.2, 0.25) is 0 Å². The summed E-state index contributed by atoms with van der Waals surface area (Å²) in [6.07, 6.45) is 0.843. The zero-order valence-corrected chi connectivity index (χ0v) is 14.9. The van der Waals surface area contributed by atoms with Crippen LogP contribution in [0.3, 0.4) is 0 Å². The van der Waals surface area contributed by atoms with Crippen molar-refractivity contribution in [1.29, 1.82) is 0 Å². The van der Waals surface area contributed by atoms with Crippen molar-refractivity contribution in [2.45, 2.75) is 13.3 Å². The number of thiazole rings is 1. The summed E-state index contributed by atoms with van der Waals surface area (Å²) in [5.74, 6) is 1.28. The van der Waals surface area contributed by atoms with Gasteiger partial charge in [-0.05, 0) is 25.1 Å². The molecule has 1 aromatic carbocycles. The molecule has 24 heavy (non-hydrogen) atoms. The van der Waals surface area contributed by atoms with E-state index in [1.165, 1.54) is 11.3 Å². The van der Waals surface area contributed by atoms with Crippen molar-refractivity contribution < 1.29 is 17.9 Å². The third kappa shape index (κ3) is 4.07. The minimum atomic E-state index is -3.47. The van der Waals surface area contributed by atoms with E-state index >= 15 is 0 Å². The molecule has 6 nitrogen and oxygen atoms in total. The number of aromatic nitrogens is 1. The van der Waals surface area contributed by atoms with Crippen molar-refractivity contribution >= 4 is 26.5 Å². The molecule has 0 amide bonds. The van der Waals surface area contributed by atoms with Crippen LogP contribution in [0.5, 0.6) is 11.5 Å². The third-order valence-electron chi connectivity index (χ3n) is 3.23. The molecule has 0 aliphatic carbocycles. The van der Waals surface area contributed by atoms with E-state index in [4.69, 9.17) is 9.47 Å². The standard InChI is InChI=1S/C16H18N2O4S2/c1-11(2)10-24(19,20)18-16-17-13(9-23-16)12-4-5-14-15(8-12)22-7-3-6-21-14/h4-5,8-9H,1,3,6-7,10H2,2H3,(H,17,18). The normalized spacial score (nSPS) is 14.0. The molecular weight excluding hydrogens is 348 g/mol. The quantitative estimate of drug-likeness (QED) is 0.822. The Bertz CT molecular complexity index is 859. The lowest BCUT2D eigenvalue weighted by Gasteiger charge is -2.08. The molecule has 0 spiro atoms. The number of sulfonamides is 1. The summed E-state index contributed by atoms with van der Waals surface area (Å²) < 4.78 is 37.6. The first-order chi connectivity index (χ1) is 11.4. The van der Waals surface area contributed by atoms with Crippen LogP contribution in [0.4, 0.5) is 5.13 Å². The average Bonchev–Trinajstić information content (AvgIpc) is 2.81. The molecule has 1 aliphatic rings. The second-order valence-corrected chi connectivity index (χ2v) is 8.15. The Balaban J connectivity index is 1.81. The smallest absolute Gasteiger partial charge is 0.238 e. The maximum atomic E-state index is 11.9. The predicted molar refractivity (Wildman–Crippen MR) is 95.4 cm³/mol. The SMILES string of the molecule is C=C(C)CS(=O)(=O)Nc1nc(-c2ccc3c(c2)OCCCO3)cs1. The Morgan fingerprint density at radius 1 is 1.33 bits per heavy atom. The number of anilines is 1. The average molecular weight is 366 g/mol. The molecule has 0 saturated heterocycles. The van der Waals surface area contributed by atoms with E-state index in [9.17, 15) is 8.42 Å². The summed E-state index contributed by atoms with van der Waals surface area (Å²) in [5, 5.41) is 2.14. The van der Waals surface area contributed by atoms with Crippen LogP contribution in [-0.2, 0) is 10.0 Å². The van der Waals surface area contributed by atoms with Gasteiger partial charge in [-0.1, -0.05) is 12.2 Å². The van der Waals surface area contributed by atoms with Crippen LogP contribution in [0.15, 0.2) is 35.7 Å². The van der Waals surface area contributed by atoms with Gasteiger partial charge in [0.25, 0.3) is 0 Å². The Labute approximate surface area is 145 Å². The van der Waals surface area contributed by atoms with E-state index < -0.39 is 10.0 Å². The molecule has 0 radical (unpaired) electrons. The van der Waals surface area contributed by atoms with Crippen LogP contribution in [-0.4, -0.2) is 32.4 Å². The molecule has 2 heterocycles. The van der Waals surface area contributed by atoms with E-state index in [2.05, 4.69) is 16.3 Å². The fraction of sp³-hybridized carbons (Fsp3) is 0.312. The topological polar surface area (TPSA) is 77.5 Å². The summed E-state index contributed by atoms with van der Waals surface area (Å²) in [4.78, 5) is 4.35. The number of nitrogens with zero attached hydrogens (tertiary/aromatic N) is 1. The van der Waals surface area contributed by atoms with Crippen LogP contribution in [0.1, 0.15) is 13.3 Å². The van der Waals surface area contributed by atoms with Gasteiger partial charge in [0.15, 0.2) is 16.6 Å². The van der Waals surface area contributed by atoms with Crippen molar-refractivity contribution in [3.05, 3.63) is 35.7 Å². The fourth-order valence-corrected chi connectivity index (χ4v) is 4.44. The minimum Gasteiger partial charge on any atom is -0.490 e. The number of rotatable bonds is 5. The summed E-state index contributed by atoms with van der Waals surface area (Å²) in [7, 11) is -3.47. The Hall–Kier alpha value is -2.06. The van der Waals surface area contributed by atoms with E-state index in [0.717, 1.165) is 12.0 Å². The molecule has 0 unspecified atom stereocenters. The van der Waals surface area contributed by atoms with Crippen molar-refractivity contribution in [1.82, 2.24) is 4.98 Å². The summed E-state index contributed by atoms with van der Waals surface area (Å²) >= 11 is 1.24. The molecule has 2 aromatic rings. The number of nitrogens with one attached hydrogen (secondary N) is 1. The molecule has 0 saturated carbocycles. The Kier molecular flexibility index (Phi) is 4.77. The number of ether oxygens (including phenoxy) is 2. The zero-order chi connectivity index (χ0) is 17.2. The maximum Gasteiger partial charge on any atom is 0.238 e. The first kappa shape index (κ1) is 16.8. The summed E-state index contributed by atoms with van der Waals surface area (Å²) in [6, 6.07) is 5.59. The maximum absolute atomic E-state index is 11.9. The van der Waals surface area contributed by atoms with Crippen LogP contribution in [0, 0.1) is 0 Å². The van der Waals surface area contributed by atoms with Crippen molar-refractivity contribution in [2.75, 3.05) is 23.7 Å². The van der Waals surface area contributed by atoms with Gasteiger partial charge >= 0.3 is 0 Å². The lowest BCUT2D eigenvalue weighted by atomic mass is 10.1. The van der Waals surface area contributed by atoms with Crippen molar-refractivity contribution in [3.63, 3.8) is 0 Å². The lowest BCUT2D eigenvalue weighted by molar-refractivity contribution is 0.297. The van der Waals surface area contributed by atoms with E-state index in [0.29, 0.717) is 41.1 Å². The van der Waals surface area contributed by atoms with Gasteiger partial charge in [-0.3, -0.25) is 4.72 Å². The van der Waals surface area contributed by atoms with Gasteiger partial charge in [0.2, 0.25) is 10.0 Å². The second-order valence-electron chi connectivity index (χ2n) is 5.57. The molecule has 128 valence electrons. The number of hydrogen-bond acceptors (Lipinski definition) is 6. The van der Waals surface area contributed by atoms with Crippen LogP contribution in [0.25, 0.3) is 11.3 Å². The minimum absolute atomic E-state index is 0.119. The monoisotopic (exact) mass is 366 g/mol. The Morgan fingerprint density at radius 3 is 2.83 bits per heavy atom. The number of benzene rings is 1. The molecule has 1 aliphatic heterocycles. The van der Waals surface area contributed by atoms with Gasteiger partial charge in [0, 0.05) is 17.4 Å². The fourth-order valence-electron chi connectivity index (χ4n) is 2.27. The van der Waals surface area contributed by atoms with Gasteiger partial charge < -0.3 is 9.47 Å². The number of hydrogen-bond donors (Lipinski definition) is 1. The van der Waals surface area contributed by atoms with Crippen molar-refractivity contribution in [2.24, 2.45) is 0 Å². The largest absolute Gasteiger partial charge is 0.490 e. The van der Waals surface area contributed by atoms with Gasteiger partial charge in [-0.2, -0.15) is 0 Å². The zero-order valence-electron chi connectivity index (χ0n) is 13.2. The molecule has 1 N–H and O–H groups in total. The highest BCUT2D eigenvalue weighted by molar-refractivity contribution is 7.93. The molecule has 8 heteroatoms. The van der Waals surface area contributed by atoms with Gasteiger partial charge in [-0.15, -0.1) is 11.3 Å². The van der Waals surface area contributed by atoms with Crippen LogP contribution < -0.4 is 14.2 Å². The second kappa shape index (κ2) is 6.82. The highest BCUT2D eigenvalue weighted by Crippen LogP contribution is 2.35. The van der Waals surface area contributed by atoms with E-state index in [1.807, 2.05) is 18.2 Å². The molecule has 0 atom stereocenters. The Morgan fingerprint density at radius 2 is 2.08 bits per heavy atom. The lowest BCUT2D eigenvalue weighted by Crippen LogP contribution is -2.16. The van der Waals surface area contributed by atoms with Gasteiger partial charge in [-0.25, -0.2) is 13.4 Å². The summed E-state index contributed by atoms with van der Waals surface area (Å²) in [5.41, 5.74) is 2.10. The summed E-state index contributed by atoms with van der Waals surface area (Å²) in [6.45, 7) is 6.54. The molecule has 0 fully saturated rings. The first-order valence-corrected chi connectivity index (χ1v) is 9.96. The highest BCUT2D eigenvalue weighted by atomic mass is 32.2. The molecular formula is C16H18N2O4S2. The van der Waals surface area contributed by atoms with E-state index in [-0.39, 0.29) is 5.75 Å². The van der Waals surface area contributed by atoms with Crippen molar-refractivity contribution in [3.8, 4) is 22.8 Å². The van der Waals surface area contributed by atoms with Crippen LogP contribution >= 0.6 is 11.3 Å². The third-order valence-corrected chi connectivity index (χ3v) is 5.49.